The molecule has 0 bridgehead atoms. The van der Waals surface area contributed by atoms with Crippen molar-refractivity contribution >= 4 is 5.97 Å². The highest BCUT2D eigenvalue weighted by molar-refractivity contribution is 5.93. The minimum absolute atomic E-state index is 0.286. The molecule has 0 aliphatic heterocycles. The number of carboxylic acids is 1. The highest BCUT2D eigenvalue weighted by Crippen LogP contribution is 2.33. The molecule has 0 saturated carbocycles. The fourth-order valence-corrected chi connectivity index (χ4v) is 3.06. The molecule has 1 N–H and O–H groups in total. The summed E-state index contributed by atoms with van der Waals surface area (Å²) in [7, 11) is 0. The van der Waals surface area contributed by atoms with Crippen LogP contribution in [-0.2, 0) is 0 Å². The molecule has 0 aromatic heterocycles. The summed E-state index contributed by atoms with van der Waals surface area (Å²) in [5.74, 6) is -0.0622. The van der Waals surface area contributed by atoms with Gasteiger partial charge >= 0.3 is 5.97 Å². The number of unbranched alkanes of at least 4 members (excludes halogenated alkanes) is 2. The molecule has 0 unspecified atom stereocenters. The smallest absolute Gasteiger partial charge is 0.335 e. The van der Waals surface area contributed by atoms with Crippen LogP contribution in [0, 0.1) is 0 Å². The van der Waals surface area contributed by atoms with Crippen LogP contribution in [0.1, 0.15) is 36.5 Å². The van der Waals surface area contributed by atoms with Crippen molar-refractivity contribution < 1.29 is 14.6 Å². The fourth-order valence-electron chi connectivity index (χ4n) is 3.06. The van der Waals surface area contributed by atoms with E-state index in [4.69, 9.17) is 4.74 Å². The Bertz CT molecular complexity index is 883. The van der Waals surface area contributed by atoms with Gasteiger partial charge in [-0.3, -0.25) is 0 Å². The van der Waals surface area contributed by atoms with Crippen molar-refractivity contribution in [3.63, 3.8) is 0 Å². The van der Waals surface area contributed by atoms with E-state index < -0.39 is 5.97 Å². The second-order valence-corrected chi connectivity index (χ2v) is 6.51. The molecule has 0 heterocycles. The Hall–Kier alpha value is -3.07. The molecule has 3 rings (SSSR count). The van der Waals surface area contributed by atoms with E-state index in [2.05, 4.69) is 6.92 Å². The molecule has 3 aromatic rings. The molecule has 0 aliphatic rings. The monoisotopic (exact) mass is 360 g/mol. The van der Waals surface area contributed by atoms with Crippen molar-refractivity contribution in [2.24, 2.45) is 0 Å². The van der Waals surface area contributed by atoms with Gasteiger partial charge < -0.3 is 9.84 Å². The Kier molecular flexibility index (Phi) is 6.26. The summed E-state index contributed by atoms with van der Waals surface area (Å²) in [6.07, 6.45) is 3.42. The van der Waals surface area contributed by atoms with E-state index in [0.29, 0.717) is 0 Å². The lowest BCUT2D eigenvalue weighted by molar-refractivity contribution is 0.0697. The second kappa shape index (κ2) is 9.04. The Labute approximate surface area is 160 Å². The Morgan fingerprint density at radius 1 is 0.852 bits per heavy atom. The number of hydrogen-bond acceptors (Lipinski definition) is 2. The molecule has 3 nitrogen and oxygen atoms in total. The van der Waals surface area contributed by atoms with Crippen molar-refractivity contribution in [1.82, 2.24) is 0 Å². The van der Waals surface area contributed by atoms with Crippen LogP contribution < -0.4 is 4.74 Å². The maximum Gasteiger partial charge on any atom is 0.335 e. The minimum atomic E-state index is -0.922. The first-order valence-electron chi connectivity index (χ1n) is 9.35. The summed E-state index contributed by atoms with van der Waals surface area (Å²) in [6, 6.07) is 23.1. The molecule has 3 aromatic carbocycles. The first kappa shape index (κ1) is 18.7. The molecular formula is C24H24O3. The molecule has 0 aliphatic carbocycles. The fraction of sp³-hybridized carbons (Fsp3) is 0.208. The maximum atomic E-state index is 11.4. The molecule has 0 amide bonds. The number of carboxylic acid groups (broad SMARTS) is 1. The van der Waals surface area contributed by atoms with Crippen molar-refractivity contribution in [2.75, 3.05) is 6.61 Å². The van der Waals surface area contributed by atoms with Crippen LogP contribution >= 0.6 is 0 Å². The largest absolute Gasteiger partial charge is 0.494 e. The number of carbonyl (C=O) groups is 1. The van der Waals surface area contributed by atoms with Crippen LogP contribution in [0.15, 0.2) is 72.8 Å². The zero-order valence-corrected chi connectivity index (χ0v) is 15.5. The third kappa shape index (κ3) is 4.76. The van der Waals surface area contributed by atoms with Gasteiger partial charge in [0.2, 0.25) is 0 Å². The molecule has 0 spiro atoms. The van der Waals surface area contributed by atoms with E-state index in [9.17, 15) is 9.90 Å². The summed E-state index contributed by atoms with van der Waals surface area (Å²) in [5, 5.41) is 9.36. The molecule has 0 fully saturated rings. The summed E-state index contributed by atoms with van der Waals surface area (Å²) < 4.78 is 5.79. The van der Waals surface area contributed by atoms with Gasteiger partial charge in [-0.05, 0) is 52.9 Å². The molecule has 3 heteroatoms. The predicted octanol–water partition coefficient (Wildman–Crippen LogP) is 6.29. The predicted molar refractivity (Wildman–Crippen MR) is 109 cm³/mol. The minimum Gasteiger partial charge on any atom is -0.494 e. The standard InChI is InChI=1S/C24H24O3/c1-2-3-7-16-27-21-13-10-19(11-14-21)22-15-12-20(24(25)26)17-23(22)18-8-5-4-6-9-18/h4-6,8-15,17H,2-3,7,16H2,1H3,(H,25,26). The first-order valence-corrected chi connectivity index (χ1v) is 9.35. The summed E-state index contributed by atoms with van der Waals surface area (Å²) in [5.41, 5.74) is 4.23. The van der Waals surface area contributed by atoms with Crippen LogP contribution in [0.2, 0.25) is 0 Å². The Morgan fingerprint density at radius 3 is 2.22 bits per heavy atom. The van der Waals surface area contributed by atoms with Gasteiger partial charge in [-0.15, -0.1) is 0 Å². The molecule has 0 saturated heterocycles. The normalized spacial score (nSPS) is 10.6. The van der Waals surface area contributed by atoms with Gasteiger partial charge in [-0.25, -0.2) is 4.79 Å². The third-order valence-electron chi connectivity index (χ3n) is 4.53. The number of hydrogen-bond donors (Lipinski definition) is 1. The van der Waals surface area contributed by atoms with E-state index in [-0.39, 0.29) is 5.56 Å². The van der Waals surface area contributed by atoms with Crippen molar-refractivity contribution in [2.45, 2.75) is 26.2 Å². The third-order valence-corrected chi connectivity index (χ3v) is 4.53. The first-order chi connectivity index (χ1) is 13.2. The van der Waals surface area contributed by atoms with Crippen molar-refractivity contribution in [3.8, 4) is 28.0 Å². The quantitative estimate of drug-likeness (QED) is 0.480. The lowest BCUT2D eigenvalue weighted by atomic mass is 9.93. The number of benzene rings is 3. The SMILES string of the molecule is CCCCCOc1ccc(-c2ccc(C(=O)O)cc2-c2ccccc2)cc1. The molecule has 138 valence electrons. The molecule has 27 heavy (non-hydrogen) atoms. The van der Waals surface area contributed by atoms with Gasteiger partial charge in [0, 0.05) is 0 Å². The second-order valence-electron chi connectivity index (χ2n) is 6.51. The lowest BCUT2D eigenvalue weighted by Gasteiger charge is -2.12. The van der Waals surface area contributed by atoms with Gasteiger partial charge in [0.25, 0.3) is 0 Å². The van der Waals surface area contributed by atoms with Crippen LogP contribution in [0.25, 0.3) is 22.3 Å². The summed E-state index contributed by atoms with van der Waals surface area (Å²) in [4.78, 5) is 11.4. The number of rotatable bonds is 8. The van der Waals surface area contributed by atoms with Crippen molar-refractivity contribution in [3.05, 3.63) is 78.4 Å². The van der Waals surface area contributed by atoms with Gasteiger partial charge in [-0.1, -0.05) is 68.3 Å². The highest BCUT2D eigenvalue weighted by Gasteiger charge is 2.12. The van der Waals surface area contributed by atoms with Gasteiger partial charge in [-0.2, -0.15) is 0 Å². The van der Waals surface area contributed by atoms with E-state index in [1.54, 1.807) is 12.1 Å². The van der Waals surface area contributed by atoms with E-state index in [1.165, 1.54) is 12.8 Å². The van der Waals surface area contributed by atoms with E-state index in [0.717, 1.165) is 41.0 Å². The van der Waals surface area contributed by atoms with Crippen molar-refractivity contribution in [1.29, 1.82) is 0 Å². The van der Waals surface area contributed by atoms with Crippen LogP contribution in [0.3, 0.4) is 0 Å². The van der Waals surface area contributed by atoms with Gasteiger partial charge in [0.15, 0.2) is 0 Å². The van der Waals surface area contributed by atoms with Gasteiger partial charge in [0.1, 0.15) is 5.75 Å². The van der Waals surface area contributed by atoms with Crippen LogP contribution in [0.5, 0.6) is 5.75 Å². The summed E-state index contributed by atoms with van der Waals surface area (Å²) >= 11 is 0. The van der Waals surface area contributed by atoms with E-state index in [1.807, 2.05) is 60.7 Å². The summed E-state index contributed by atoms with van der Waals surface area (Å²) in [6.45, 7) is 2.91. The average Bonchev–Trinajstić information content (AvgIpc) is 2.72. The number of aromatic carboxylic acids is 1. The molecule has 0 radical (unpaired) electrons. The Balaban J connectivity index is 1.90. The highest BCUT2D eigenvalue weighted by atomic mass is 16.5. The molecular weight excluding hydrogens is 336 g/mol. The Morgan fingerprint density at radius 2 is 1.56 bits per heavy atom. The number of ether oxygens (including phenoxy) is 1. The maximum absolute atomic E-state index is 11.4. The topological polar surface area (TPSA) is 46.5 Å². The lowest BCUT2D eigenvalue weighted by Crippen LogP contribution is -1.98. The van der Waals surface area contributed by atoms with Gasteiger partial charge in [0.05, 0.1) is 12.2 Å². The van der Waals surface area contributed by atoms with Crippen LogP contribution in [0.4, 0.5) is 0 Å². The zero-order valence-electron chi connectivity index (χ0n) is 15.5. The van der Waals surface area contributed by atoms with Crippen LogP contribution in [-0.4, -0.2) is 17.7 Å². The average molecular weight is 360 g/mol. The molecule has 0 atom stereocenters. The zero-order chi connectivity index (χ0) is 19.1. The van der Waals surface area contributed by atoms with E-state index >= 15 is 0 Å².